The first-order chi connectivity index (χ1) is 8.73. The summed E-state index contributed by atoms with van der Waals surface area (Å²) in [6.07, 6.45) is -2.69. The van der Waals surface area contributed by atoms with Gasteiger partial charge in [-0.15, -0.1) is 0 Å². The minimum absolute atomic E-state index is 0.0128. The van der Waals surface area contributed by atoms with E-state index in [1.165, 1.54) is 0 Å². The first kappa shape index (κ1) is 14.0. The van der Waals surface area contributed by atoms with Crippen molar-refractivity contribution in [3.8, 4) is 0 Å². The van der Waals surface area contributed by atoms with Gasteiger partial charge in [0, 0.05) is 19.0 Å². The van der Waals surface area contributed by atoms with E-state index < -0.39 is 17.4 Å². The van der Waals surface area contributed by atoms with Gasteiger partial charge in [-0.25, -0.2) is 0 Å². The Labute approximate surface area is 113 Å². The Balaban J connectivity index is 2.35. The molecule has 1 saturated carbocycles. The molecular weight excluding hydrogens is 277 g/mol. The molecular formula is C12H13F3N2OS. The lowest BCUT2D eigenvalue weighted by atomic mass is 10.0. The van der Waals surface area contributed by atoms with E-state index in [2.05, 4.69) is 0 Å². The average Bonchev–Trinajstić information content (AvgIpc) is 2.98. The number of alkyl halides is 3. The van der Waals surface area contributed by atoms with E-state index in [0.29, 0.717) is 6.42 Å². The summed E-state index contributed by atoms with van der Waals surface area (Å²) in [7, 11) is 0. The van der Waals surface area contributed by atoms with Crippen molar-refractivity contribution < 1.29 is 13.2 Å². The summed E-state index contributed by atoms with van der Waals surface area (Å²) in [5, 5.41) is 0. The van der Waals surface area contributed by atoms with Crippen LogP contribution in [0.3, 0.4) is 0 Å². The molecule has 1 fully saturated rings. The lowest BCUT2D eigenvalue weighted by Gasteiger charge is -2.20. The summed E-state index contributed by atoms with van der Waals surface area (Å²) >= 11 is 4.81. The number of aromatic nitrogens is 1. The molecule has 1 heterocycles. The highest BCUT2D eigenvalue weighted by atomic mass is 32.1. The Morgan fingerprint density at radius 1 is 1.42 bits per heavy atom. The molecule has 0 aliphatic heterocycles. The van der Waals surface area contributed by atoms with Gasteiger partial charge < -0.3 is 10.3 Å². The van der Waals surface area contributed by atoms with E-state index in [1.807, 2.05) is 0 Å². The molecule has 2 rings (SSSR count). The fourth-order valence-corrected chi connectivity index (χ4v) is 2.51. The van der Waals surface area contributed by atoms with Gasteiger partial charge in [0.25, 0.3) is 5.56 Å². The molecule has 7 heteroatoms. The Morgan fingerprint density at radius 3 is 2.53 bits per heavy atom. The summed E-state index contributed by atoms with van der Waals surface area (Å²) in [6.45, 7) is 0.0128. The summed E-state index contributed by atoms with van der Waals surface area (Å²) in [6, 6.07) is 3.17. The van der Waals surface area contributed by atoms with Crippen LogP contribution < -0.4 is 11.3 Å². The van der Waals surface area contributed by atoms with Gasteiger partial charge in [-0.2, -0.15) is 13.2 Å². The zero-order valence-corrected chi connectivity index (χ0v) is 10.9. The van der Waals surface area contributed by atoms with Gasteiger partial charge in [-0.05, 0) is 24.3 Å². The third kappa shape index (κ3) is 3.15. The van der Waals surface area contributed by atoms with E-state index in [9.17, 15) is 18.0 Å². The maximum Gasteiger partial charge on any atom is 0.431 e. The van der Waals surface area contributed by atoms with E-state index in [0.717, 1.165) is 35.6 Å². The van der Waals surface area contributed by atoms with Crippen LogP contribution >= 0.6 is 12.2 Å². The van der Waals surface area contributed by atoms with E-state index in [4.69, 9.17) is 18.0 Å². The van der Waals surface area contributed by atoms with E-state index in [-0.39, 0.29) is 16.9 Å². The second kappa shape index (κ2) is 4.63. The van der Waals surface area contributed by atoms with Crippen molar-refractivity contribution in [2.45, 2.75) is 32.0 Å². The molecule has 104 valence electrons. The Bertz CT molecular complexity index is 561. The molecule has 1 aliphatic carbocycles. The first-order valence-corrected chi connectivity index (χ1v) is 6.20. The highest BCUT2D eigenvalue weighted by Crippen LogP contribution is 2.50. The fraction of sp³-hybridized carbons (Fsp3) is 0.500. The minimum atomic E-state index is -4.54. The Morgan fingerprint density at radius 2 is 2.05 bits per heavy atom. The zero-order chi connectivity index (χ0) is 14.3. The lowest BCUT2D eigenvalue weighted by Crippen LogP contribution is -2.31. The normalized spacial score (nSPS) is 17.2. The fourth-order valence-electron chi connectivity index (χ4n) is 2.20. The van der Waals surface area contributed by atoms with Crippen LogP contribution in [-0.2, 0) is 12.7 Å². The number of pyridine rings is 1. The molecule has 0 atom stereocenters. The van der Waals surface area contributed by atoms with Crippen LogP contribution in [0.1, 0.15) is 25.0 Å². The molecule has 19 heavy (non-hydrogen) atoms. The lowest BCUT2D eigenvalue weighted by molar-refractivity contribution is -0.144. The maximum absolute atomic E-state index is 12.9. The third-order valence-corrected chi connectivity index (χ3v) is 3.48. The molecule has 0 bridgehead atoms. The highest BCUT2D eigenvalue weighted by molar-refractivity contribution is 7.80. The summed E-state index contributed by atoms with van der Waals surface area (Å²) in [4.78, 5) is 12.0. The molecule has 2 N–H and O–H groups in total. The van der Waals surface area contributed by atoms with Crippen molar-refractivity contribution in [1.82, 2.24) is 4.57 Å². The first-order valence-electron chi connectivity index (χ1n) is 5.79. The van der Waals surface area contributed by atoms with Gasteiger partial charge in [-0.3, -0.25) is 4.79 Å². The topological polar surface area (TPSA) is 48.0 Å². The predicted octanol–water partition coefficient (Wildman–Crippen LogP) is 2.32. The van der Waals surface area contributed by atoms with Crippen LogP contribution in [0, 0.1) is 5.41 Å². The van der Waals surface area contributed by atoms with Gasteiger partial charge in [0.05, 0.1) is 4.99 Å². The van der Waals surface area contributed by atoms with Crippen LogP contribution in [0.2, 0.25) is 0 Å². The number of rotatable bonds is 4. The monoisotopic (exact) mass is 290 g/mol. The Kier molecular flexibility index (Phi) is 3.42. The van der Waals surface area contributed by atoms with Gasteiger partial charge in [0.2, 0.25) is 0 Å². The standard InChI is InChI=1S/C12H13F3N2OS/c13-12(14,15)8-2-1-3-10(18)17(8)7-11(4-5-11)6-9(16)19/h1-3H,4-7H2,(H2,16,19). The SMILES string of the molecule is NC(=S)CC1(Cn2c(C(F)(F)F)cccc2=O)CC1. The number of halogens is 3. The molecule has 0 amide bonds. The van der Waals surface area contributed by atoms with Gasteiger partial charge in [-0.1, -0.05) is 18.3 Å². The van der Waals surface area contributed by atoms with E-state index in [1.54, 1.807) is 0 Å². The quantitative estimate of drug-likeness (QED) is 0.866. The smallest absolute Gasteiger partial charge is 0.393 e. The number of nitrogens with zero attached hydrogens (tertiary/aromatic N) is 1. The molecule has 0 radical (unpaired) electrons. The van der Waals surface area contributed by atoms with Crippen LogP contribution in [0.15, 0.2) is 23.0 Å². The summed E-state index contributed by atoms with van der Waals surface area (Å²) < 4.78 is 39.4. The van der Waals surface area contributed by atoms with Gasteiger partial charge >= 0.3 is 6.18 Å². The number of hydrogen-bond acceptors (Lipinski definition) is 2. The molecule has 1 aromatic rings. The molecule has 0 aromatic carbocycles. The van der Waals surface area contributed by atoms with Crippen LogP contribution in [0.4, 0.5) is 13.2 Å². The molecule has 0 spiro atoms. The van der Waals surface area contributed by atoms with Gasteiger partial charge in [0.1, 0.15) is 5.69 Å². The van der Waals surface area contributed by atoms with Crippen molar-refractivity contribution in [1.29, 1.82) is 0 Å². The second-order valence-corrected chi connectivity index (χ2v) is 5.50. The predicted molar refractivity (Wildman–Crippen MR) is 68.8 cm³/mol. The molecule has 1 aromatic heterocycles. The molecule has 1 aliphatic rings. The number of nitrogens with two attached hydrogens (primary N) is 1. The van der Waals surface area contributed by atoms with Crippen molar-refractivity contribution in [3.05, 3.63) is 34.2 Å². The van der Waals surface area contributed by atoms with Crippen LogP contribution in [0.25, 0.3) is 0 Å². The van der Waals surface area contributed by atoms with E-state index >= 15 is 0 Å². The number of hydrogen-bond donors (Lipinski definition) is 1. The summed E-state index contributed by atoms with van der Waals surface area (Å²) in [5.41, 5.74) is 3.51. The third-order valence-electron chi connectivity index (χ3n) is 3.34. The minimum Gasteiger partial charge on any atom is -0.393 e. The van der Waals surface area contributed by atoms with Crippen LogP contribution in [0.5, 0.6) is 0 Å². The van der Waals surface area contributed by atoms with Crippen molar-refractivity contribution >= 4 is 17.2 Å². The summed E-state index contributed by atoms with van der Waals surface area (Å²) in [5.74, 6) is 0. The number of thiocarbonyl (C=S) groups is 1. The molecule has 0 unspecified atom stereocenters. The zero-order valence-electron chi connectivity index (χ0n) is 10.0. The largest absolute Gasteiger partial charge is 0.431 e. The Hall–Kier alpha value is -1.37. The van der Waals surface area contributed by atoms with Crippen molar-refractivity contribution in [3.63, 3.8) is 0 Å². The van der Waals surface area contributed by atoms with Crippen molar-refractivity contribution in [2.24, 2.45) is 11.1 Å². The maximum atomic E-state index is 12.9. The average molecular weight is 290 g/mol. The molecule has 3 nitrogen and oxygen atoms in total. The van der Waals surface area contributed by atoms with Crippen LogP contribution in [-0.4, -0.2) is 9.56 Å². The second-order valence-electron chi connectivity index (χ2n) is 4.98. The van der Waals surface area contributed by atoms with Gasteiger partial charge in [0.15, 0.2) is 0 Å². The highest BCUT2D eigenvalue weighted by Gasteiger charge is 2.45. The van der Waals surface area contributed by atoms with Crippen molar-refractivity contribution in [2.75, 3.05) is 0 Å². The molecule has 0 saturated heterocycles.